The SMILES string of the molecule is COc1ccc(/N=N/c2n(C)cc[n+]2CCCCCBr)cc1. The first-order valence-corrected chi connectivity index (χ1v) is 8.53. The summed E-state index contributed by atoms with van der Waals surface area (Å²) in [6.45, 7) is 0.963. The van der Waals surface area contributed by atoms with Crippen LogP contribution in [0.5, 0.6) is 5.75 Å². The van der Waals surface area contributed by atoms with Crippen LogP contribution < -0.4 is 9.30 Å². The highest BCUT2D eigenvalue weighted by atomic mass is 79.9. The van der Waals surface area contributed by atoms with Crippen LogP contribution in [0.25, 0.3) is 0 Å². The van der Waals surface area contributed by atoms with Crippen molar-refractivity contribution in [1.29, 1.82) is 0 Å². The van der Waals surface area contributed by atoms with Gasteiger partial charge in [-0.25, -0.2) is 9.13 Å². The first-order chi connectivity index (χ1) is 10.7. The van der Waals surface area contributed by atoms with Gasteiger partial charge in [0, 0.05) is 10.4 Å². The number of alkyl halides is 1. The second-order valence-electron chi connectivity index (χ2n) is 5.05. The number of aromatic nitrogens is 2. The molecule has 1 aromatic carbocycles. The van der Waals surface area contributed by atoms with Gasteiger partial charge in [0.1, 0.15) is 11.4 Å². The highest BCUT2D eigenvalue weighted by Gasteiger charge is 2.13. The number of unbranched alkanes of at least 4 members (excludes halogenated alkanes) is 2. The number of benzene rings is 1. The fourth-order valence-corrected chi connectivity index (χ4v) is 2.52. The van der Waals surface area contributed by atoms with Crippen LogP contribution in [0.1, 0.15) is 19.3 Å². The Labute approximate surface area is 139 Å². The average molecular weight is 366 g/mol. The third-order valence-corrected chi connectivity index (χ3v) is 3.96. The summed E-state index contributed by atoms with van der Waals surface area (Å²) in [7, 11) is 3.64. The van der Waals surface area contributed by atoms with E-state index < -0.39 is 0 Å². The molecular weight excluding hydrogens is 344 g/mol. The molecule has 0 fully saturated rings. The predicted molar refractivity (Wildman–Crippen MR) is 90.4 cm³/mol. The minimum Gasteiger partial charge on any atom is -0.497 e. The van der Waals surface area contributed by atoms with Gasteiger partial charge in [0.2, 0.25) is 0 Å². The van der Waals surface area contributed by atoms with E-state index in [1.54, 1.807) is 7.11 Å². The maximum absolute atomic E-state index is 5.14. The molecule has 2 rings (SSSR count). The molecule has 118 valence electrons. The lowest BCUT2D eigenvalue weighted by atomic mass is 10.2. The fourth-order valence-electron chi connectivity index (χ4n) is 2.12. The predicted octanol–water partition coefficient (Wildman–Crippen LogP) is 4.30. The van der Waals surface area contributed by atoms with Crippen LogP contribution in [0.3, 0.4) is 0 Å². The van der Waals surface area contributed by atoms with E-state index in [9.17, 15) is 0 Å². The van der Waals surface area contributed by atoms with E-state index >= 15 is 0 Å². The number of aryl methyl sites for hydroxylation is 2. The number of rotatable bonds is 8. The molecule has 0 aliphatic rings. The Kier molecular flexibility index (Phi) is 6.58. The lowest BCUT2D eigenvalue weighted by molar-refractivity contribution is -0.684. The van der Waals surface area contributed by atoms with Gasteiger partial charge in [-0.05, 0) is 43.5 Å². The van der Waals surface area contributed by atoms with Gasteiger partial charge in [-0.15, -0.1) is 0 Å². The number of halogens is 1. The number of imidazole rings is 1. The van der Waals surface area contributed by atoms with Crippen LogP contribution in [0, 0.1) is 0 Å². The van der Waals surface area contributed by atoms with Gasteiger partial charge in [-0.1, -0.05) is 21.0 Å². The van der Waals surface area contributed by atoms with Crippen molar-refractivity contribution in [2.24, 2.45) is 17.3 Å². The van der Waals surface area contributed by atoms with Crippen molar-refractivity contribution in [2.45, 2.75) is 25.8 Å². The Balaban J connectivity index is 2.04. The van der Waals surface area contributed by atoms with Gasteiger partial charge in [-0.2, -0.15) is 0 Å². The monoisotopic (exact) mass is 365 g/mol. The van der Waals surface area contributed by atoms with Crippen LogP contribution in [-0.2, 0) is 13.6 Å². The van der Waals surface area contributed by atoms with Crippen LogP contribution >= 0.6 is 15.9 Å². The summed E-state index contributed by atoms with van der Waals surface area (Å²) in [5.41, 5.74) is 0.813. The Bertz CT molecular complexity index is 607. The summed E-state index contributed by atoms with van der Waals surface area (Å²) in [5.74, 6) is 1.68. The number of azo groups is 1. The zero-order valence-corrected chi connectivity index (χ0v) is 14.7. The van der Waals surface area contributed by atoms with Crippen molar-refractivity contribution < 1.29 is 9.30 Å². The average Bonchev–Trinajstić information content (AvgIpc) is 2.90. The standard InChI is InChI=1S/C16H22BrN4O/c1-20-12-13-21(11-5-3-4-10-17)16(20)19-18-14-6-8-15(22-2)9-7-14/h6-9,12-13H,3-5,10-11H2,1-2H3/q+1. The molecular formula is C16H22BrN4O+. The van der Waals surface area contributed by atoms with Crippen LogP contribution in [-0.4, -0.2) is 17.0 Å². The molecule has 0 amide bonds. The smallest absolute Gasteiger partial charge is 0.421 e. The summed E-state index contributed by atoms with van der Waals surface area (Å²) < 4.78 is 9.26. The van der Waals surface area contributed by atoms with Gasteiger partial charge < -0.3 is 4.74 Å². The highest BCUT2D eigenvalue weighted by Crippen LogP contribution is 2.19. The molecule has 0 saturated heterocycles. The maximum atomic E-state index is 5.14. The molecule has 5 nitrogen and oxygen atoms in total. The van der Waals surface area contributed by atoms with E-state index in [1.807, 2.05) is 42.1 Å². The van der Waals surface area contributed by atoms with Crippen molar-refractivity contribution in [2.75, 3.05) is 12.4 Å². The van der Waals surface area contributed by atoms with E-state index in [1.165, 1.54) is 12.8 Å². The van der Waals surface area contributed by atoms with E-state index in [-0.39, 0.29) is 0 Å². The van der Waals surface area contributed by atoms with Gasteiger partial charge >= 0.3 is 5.95 Å². The van der Waals surface area contributed by atoms with Gasteiger partial charge in [0.15, 0.2) is 0 Å². The fraction of sp³-hybridized carbons (Fsp3) is 0.438. The second kappa shape index (κ2) is 8.68. The Morgan fingerprint density at radius 1 is 1.14 bits per heavy atom. The number of hydrogen-bond donors (Lipinski definition) is 0. The first kappa shape index (κ1) is 16.7. The molecule has 0 unspecified atom stereocenters. The van der Waals surface area contributed by atoms with E-state index in [2.05, 4.69) is 36.9 Å². The molecule has 0 spiro atoms. The van der Waals surface area contributed by atoms with Crippen molar-refractivity contribution in [3.05, 3.63) is 36.7 Å². The quantitative estimate of drug-likeness (QED) is 0.297. The Morgan fingerprint density at radius 2 is 1.91 bits per heavy atom. The molecule has 0 saturated carbocycles. The summed E-state index contributed by atoms with van der Waals surface area (Å²) in [5, 5.41) is 9.77. The first-order valence-electron chi connectivity index (χ1n) is 7.41. The summed E-state index contributed by atoms with van der Waals surface area (Å²) >= 11 is 3.46. The van der Waals surface area contributed by atoms with Crippen molar-refractivity contribution in [3.8, 4) is 5.75 Å². The van der Waals surface area contributed by atoms with Crippen LogP contribution in [0.2, 0.25) is 0 Å². The Hall–Kier alpha value is -1.69. The molecule has 0 atom stereocenters. The van der Waals surface area contributed by atoms with Gasteiger partial charge in [0.05, 0.1) is 33.1 Å². The van der Waals surface area contributed by atoms with Gasteiger partial charge in [0.25, 0.3) is 0 Å². The number of ether oxygens (including phenoxy) is 1. The summed E-state index contributed by atoms with van der Waals surface area (Å²) in [6, 6.07) is 7.55. The van der Waals surface area contributed by atoms with Crippen molar-refractivity contribution >= 4 is 27.6 Å². The number of methoxy groups -OCH3 is 1. The zero-order chi connectivity index (χ0) is 15.8. The molecule has 22 heavy (non-hydrogen) atoms. The molecule has 0 bridgehead atoms. The minimum atomic E-state index is 0.813. The second-order valence-corrected chi connectivity index (χ2v) is 5.84. The highest BCUT2D eigenvalue weighted by molar-refractivity contribution is 9.09. The lowest BCUT2D eigenvalue weighted by Gasteiger charge is -1.99. The molecule has 1 heterocycles. The lowest BCUT2D eigenvalue weighted by Crippen LogP contribution is -2.31. The van der Waals surface area contributed by atoms with Crippen LogP contribution in [0.15, 0.2) is 46.9 Å². The van der Waals surface area contributed by atoms with E-state index in [0.29, 0.717) is 0 Å². The minimum absolute atomic E-state index is 0.813. The third-order valence-electron chi connectivity index (χ3n) is 3.40. The zero-order valence-electron chi connectivity index (χ0n) is 13.1. The number of hydrogen-bond acceptors (Lipinski definition) is 3. The van der Waals surface area contributed by atoms with E-state index in [4.69, 9.17) is 4.74 Å². The maximum Gasteiger partial charge on any atom is 0.421 e. The molecule has 1 aromatic heterocycles. The van der Waals surface area contributed by atoms with Gasteiger partial charge in [-0.3, -0.25) is 0 Å². The Morgan fingerprint density at radius 3 is 2.59 bits per heavy atom. The normalized spacial score (nSPS) is 11.2. The number of nitrogens with zero attached hydrogens (tertiary/aromatic N) is 4. The molecule has 6 heteroatoms. The van der Waals surface area contributed by atoms with Crippen molar-refractivity contribution in [1.82, 2.24) is 4.57 Å². The molecule has 0 N–H and O–H groups in total. The largest absolute Gasteiger partial charge is 0.497 e. The summed E-state index contributed by atoms with van der Waals surface area (Å²) in [6.07, 6.45) is 7.62. The molecule has 0 aliphatic carbocycles. The topological polar surface area (TPSA) is 42.8 Å². The van der Waals surface area contributed by atoms with E-state index in [0.717, 1.165) is 35.7 Å². The third kappa shape index (κ3) is 4.66. The van der Waals surface area contributed by atoms with Crippen molar-refractivity contribution in [3.63, 3.8) is 0 Å². The summed E-state index contributed by atoms with van der Waals surface area (Å²) in [4.78, 5) is 0. The molecule has 2 aromatic rings. The van der Waals surface area contributed by atoms with Crippen LogP contribution in [0.4, 0.5) is 11.6 Å². The molecule has 0 radical (unpaired) electrons. The molecule has 0 aliphatic heterocycles.